The van der Waals surface area contributed by atoms with Gasteiger partial charge in [-0.25, -0.2) is 12.8 Å². The number of nitrogens with one attached hydrogen (secondary N) is 1. The molecule has 0 aliphatic carbocycles. The predicted octanol–water partition coefficient (Wildman–Crippen LogP) is -0.826. The monoisotopic (exact) mass is 167 g/mol. The van der Waals surface area contributed by atoms with Crippen LogP contribution in [0.15, 0.2) is 0 Å². The number of amides is 1. The summed E-state index contributed by atoms with van der Waals surface area (Å²) in [7, 11) is -3.66. The molecule has 1 aliphatic rings. The minimum Gasteiger partial charge on any atom is -0.274 e. The zero-order valence-corrected chi connectivity index (χ0v) is 5.82. The highest BCUT2D eigenvalue weighted by Crippen LogP contribution is 2.07. The first-order valence-electron chi connectivity index (χ1n) is 2.67. The molecule has 4 nitrogen and oxygen atoms in total. The Bertz CT molecular complexity index is 247. The lowest BCUT2D eigenvalue weighted by Gasteiger charge is -2.14. The normalized spacial score (nSPS) is 31.3. The van der Waals surface area contributed by atoms with Crippen LogP contribution >= 0.6 is 0 Å². The molecule has 0 bridgehead atoms. The highest BCUT2D eigenvalue weighted by Gasteiger charge is 2.28. The Hall–Kier alpha value is -0.650. The van der Waals surface area contributed by atoms with Gasteiger partial charge in [-0.05, 0) is 0 Å². The van der Waals surface area contributed by atoms with Gasteiger partial charge in [-0.15, -0.1) is 0 Å². The first kappa shape index (κ1) is 7.46. The van der Waals surface area contributed by atoms with E-state index in [9.17, 15) is 17.6 Å². The zero-order valence-electron chi connectivity index (χ0n) is 5.00. The summed E-state index contributed by atoms with van der Waals surface area (Å²) in [5.74, 6) is -1.36. The SMILES string of the molecule is O=C1CC(F)CS(=O)(=O)N1. The smallest absolute Gasteiger partial charge is 0.237 e. The second-order valence-corrected chi connectivity index (χ2v) is 3.88. The van der Waals surface area contributed by atoms with Crippen molar-refractivity contribution in [2.75, 3.05) is 5.75 Å². The Kier molecular flexibility index (Phi) is 1.63. The van der Waals surface area contributed by atoms with Gasteiger partial charge in [0.2, 0.25) is 15.9 Å². The van der Waals surface area contributed by atoms with Crippen molar-refractivity contribution >= 4 is 15.9 Å². The molecule has 1 saturated heterocycles. The van der Waals surface area contributed by atoms with Gasteiger partial charge in [0, 0.05) is 0 Å². The van der Waals surface area contributed by atoms with Crippen LogP contribution < -0.4 is 4.72 Å². The van der Waals surface area contributed by atoms with Gasteiger partial charge >= 0.3 is 0 Å². The average molecular weight is 167 g/mol. The highest BCUT2D eigenvalue weighted by atomic mass is 32.2. The maximum Gasteiger partial charge on any atom is 0.237 e. The van der Waals surface area contributed by atoms with Gasteiger partial charge in [-0.1, -0.05) is 0 Å². The van der Waals surface area contributed by atoms with Crippen molar-refractivity contribution in [2.24, 2.45) is 0 Å². The van der Waals surface area contributed by atoms with Crippen molar-refractivity contribution in [2.45, 2.75) is 12.6 Å². The molecule has 1 fully saturated rings. The van der Waals surface area contributed by atoms with E-state index in [4.69, 9.17) is 0 Å². The van der Waals surface area contributed by atoms with Crippen molar-refractivity contribution in [1.29, 1.82) is 0 Å². The van der Waals surface area contributed by atoms with Crippen molar-refractivity contribution in [3.63, 3.8) is 0 Å². The topological polar surface area (TPSA) is 63.2 Å². The van der Waals surface area contributed by atoms with Crippen LogP contribution in [0.3, 0.4) is 0 Å². The molecule has 0 aromatic heterocycles. The number of hydrogen-bond donors (Lipinski definition) is 1. The average Bonchev–Trinajstić information content (AvgIpc) is 1.54. The van der Waals surface area contributed by atoms with Gasteiger partial charge in [0.25, 0.3) is 0 Å². The zero-order chi connectivity index (χ0) is 7.78. The molecule has 6 heteroatoms. The number of halogens is 1. The summed E-state index contributed by atoms with van der Waals surface area (Å²) in [4.78, 5) is 10.4. The van der Waals surface area contributed by atoms with Gasteiger partial charge in [0.1, 0.15) is 11.9 Å². The Morgan fingerprint density at radius 3 is 2.60 bits per heavy atom. The second kappa shape index (κ2) is 2.19. The lowest BCUT2D eigenvalue weighted by atomic mass is 10.3. The third kappa shape index (κ3) is 1.66. The number of carbonyl (C=O) groups excluding carboxylic acids is 1. The molecule has 58 valence electrons. The largest absolute Gasteiger partial charge is 0.274 e. The van der Waals surface area contributed by atoms with E-state index in [2.05, 4.69) is 0 Å². The summed E-state index contributed by atoms with van der Waals surface area (Å²) in [6, 6.07) is 0. The molecule has 0 radical (unpaired) electrons. The fourth-order valence-electron chi connectivity index (χ4n) is 0.755. The van der Waals surface area contributed by atoms with Crippen LogP contribution in [0.25, 0.3) is 0 Å². The highest BCUT2D eigenvalue weighted by molar-refractivity contribution is 7.90. The third-order valence-electron chi connectivity index (χ3n) is 1.08. The molecule has 1 unspecified atom stereocenters. The molecule has 10 heavy (non-hydrogen) atoms. The summed E-state index contributed by atoms with van der Waals surface area (Å²) in [6.45, 7) is 0. The van der Waals surface area contributed by atoms with Crippen LogP contribution in [0.2, 0.25) is 0 Å². The summed E-state index contributed by atoms with van der Waals surface area (Å²) < 4.78 is 35.0. The number of alkyl halides is 1. The maximum atomic E-state index is 12.3. The van der Waals surface area contributed by atoms with E-state index in [0.717, 1.165) is 0 Å². The quantitative estimate of drug-likeness (QED) is 0.512. The van der Waals surface area contributed by atoms with Crippen molar-refractivity contribution in [3.05, 3.63) is 0 Å². The summed E-state index contributed by atoms with van der Waals surface area (Å²) in [5.41, 5.74) is 0. The van der Waals surface area contributed by atoms with E-state index < -0.39 is 27.9 Å². The minimum atomic E-state index is -3.66. The molecule has 0 saturated carbocycles. The van der Waals surface area contributed by atoms with Crippen molar-refractivity contribution < 1.29 is 17.6 Å². The number of rotatable bonds is 0. The standard InChI is InChI=1S/C4H6FNO3S/c5-3-1-4(7)6-10(8,9)2-3/h3H,1-2H2,(H,6,7). The van der Waals surface area contributed by atoms with Crippen LogP contribution in [0.4, 0.5) is 4.39 Å². The Morgan fingerprint density at radius 1 is 1.60 bits per heavy atom. The van der Waals surface area contributed by atoms with E-state index in [0.29, 0.717) is 0 Å². The van der Waals surface area contributed by atoms with Crippen LogP contribution in [0.5, 0.6) is 0 Å². The lowest BCUT2D eigenvalue weighted by molar-refractivity contribution is -0.120. The first-order chi connectivity index (χ1) is 4.49. The molecule has 0 aromatic rings. The third-order valence-corrected chi connectivity index (χ3v) is 2.42. The molecule has 0 aromatic carbocycles. The van der Waals surface area contributed by atoms with E-state index in [1.807, 2.05) is 0 Å². The van der Waals surface area contributed by atoms with E-state index >= 15 is 0 Å². The second-order valence-electron chi connectivity index (χ2n) is 2.11. The fourth-order valence-corrected chi connectivity index (χ4v) is 1.86. The molecule has 1 N–H and O–H groups in total. The lowest BCUT2D eigenvalue weighted by Crippen LogP contribution is -2.42. The maximum absolute atomic E-state index is 12.3. The Morgan fingerprint density at radius 2 is 2.20 bits per heavy atom. The minimum absolute atomic E-state index is 0.348. The van der Waals surface area contributed by atoms with Gasteiger partial charge in [0.05, 0.1) is 6.42 Å². The van der Waals surface area contributed by atoms with Crippen molar-refractivity contribution in [1.82, 2.24) is 4.72 Å². The van der Waals surface area contributed by atoms with Crippen LogP contribution in [-0.2, 0) is 14.8 Å². The van der Waals surface area contributed by atoms with E-state index in [-0.39, 0.29) is 6.42 Å². The number of sulfonamides is 1. The molecule has 1 rings (SSSR count). The molecule has 1 aliphatic heterocycles. The molecule has 1 heterocycles. The molecular formula is C4H6FNO3S. The van der Waals surface area contributed by atoms with Crippen molar-refractivity contribution in [3.8, 4) is 0 Å². The molecular weight excluding hydrogens is 161 g/mol. The summed E-state index contributed by atoms with van der Waals surface area (Å²) >= 11 is 0. The van der Waals surface area contributed by atoms with Gasteiger partial charge in [-0.3, -0.25) is 9.52 Å². The van der Waals surface area contributed by atoms with E-state index in [1.54, 1.807) is 4.72 Å². The first-order valence-corrected chi connectivity index (χ1v) is 4.32. The van der Waals surface area contributed by atoms with Crippen LogP contribution in [0.1, 0.15) is 6.42 Å². The molecule has 0 spiro atoms. The predicted molar refractivity (Wildman–Crippen MR) is 31.4 cm³/mol. The van der Waals surface area contributed by atoms with Crippen LogP contribution in [-0.4, -0.2) is 26.2 Å². The fraction of sp³-hybridized carbons (Fsp3) is 0.750. The Labute approximate surface area is 57.5 Å². The summed E-state index contributed by atoms with van der Waals surface area (Å²) in [6.07, 6.45) is -1.89. The van der Waals surface area contributed by atoms with Crippen LogP contribution in [0, 0.1) is 0 Å². The van der Waals surface area contributed by atoms with Gasteiger partial charge in [-0.2, -0.15) is 0 Å². The number of carbonyl (C=O) groups is 1. The van der Waals surface area contributed by atoms with Gasteiger partial charge < -0.3 is 0 Å². The van der Waals surface area contributed by atoms with Gasteiger partial charge in [0.15, 0.2) is 0 Å². The number of hydrogen-bond acceptors (Lipinski definition) is 3. The van der Waals surface area contributed by atoms with E-state index in [1.165, 1.54) is 0 Å². The summed E-state index contributed by atoms with van der Waals surface area (Å²) in [5, 5.41) is 0. The Balaban J connectivity index is 2.79. The molecule has 1 amide bonds. The molecule has 1 atom stereocenters.